The van der Waals surface area contributed by atoms with Crippen molar-refractivity contribution < 1.29 is 9.59 Å². The van der Waals surface area contributed by atoms with E-state index in [1.165, 1.54) is 16.3 Å². The van der Waals surface area contributed by atoms with E-state index in [2.05, 4.69) is 10.3 Å². The molecular weight excluding hydrogens is 472 g/mol. The van der Waals surface area contributed by atoms with Crippen LogP contribution in [0.15, 0.2) is 52.4 Å². The van der Waals surface area contributed by atoms with E-state index >= 15 is 0 Å². The Hall–Kier alpha value is -2.84. The lowest BCUT2D eigenvalue weighted by Crippen LogP contribution is -2.36. The molecule has 2 amide bonds. The van der Waals surface area contributed by atoms with Crippen molar-refractivity contribution >= 4 is 51.8 Å². The Labute approximate surface area is 207 Å². The summed E-state index contributed by atoms with van der Waals surface area (Å²) in [6.07, 6.45) is 3.41. The zero-order valence-corrected chi connectivity index (χ0v) is 20.6. The van der Waals surface area contributed by atoms with Crippen LogP contribution in [0.2, 0.25) is 5.02 Å². The lowest BCUT2D eigenvalue weighted by molar-refractivity contribution is -0.132. The number of aryl methyl sites for hydroxylation is 1. The van der Waals surface area contributed by atoms with Crippen molar-refractivity contribution in [3.8, 4) is 0 Å². The highest BCUT2D eigenvalue weighted by molar-refractivity contribution is 7.99. The Kier molecular flexibility index (Phi) is 7.90. The molecule has 1 aromatic heterocycles. The van der Waals surface area contributed by atoms with Crippen LogP contribution in [0.1, 0.15) is 31.2 Å². The SMILES string of the molecule is Cc1ccc(NC(=O)CSc2nc3ccccc3c(=O)n2CCC(=O)N2CCCCC2)cc1Cl. The minimum atomic E-state index is -0.233. The van der Waals surface area contributed by atoms with Crippen LogP contribution in [0.3, 0.4) is 0 Å². The fourth-order valence-corrected chi connectivity index (χ4v) is 4.97. The normalized spacial score (nSPS) is 13.8. The van der Waals surface area contributed by atoms with Crippen molar-refractivity contribution in [1.82, 2.24) is 14.5 Å². The Morgan fingerprint density at radius 3 is 2.65 bits per heavy atom. The molecule has 1 aliphatic rings. The van der Waals surface area contributed by atoms with E-state index in [1.54, 1.807) is 30.3 Å². The zero-order valence-electron chi connectivity index (χ0n) is 19.1. The number of carbonyl (C=O) groups excluding carboxylic acids is 2. The number of amides is 2. The summed E-state index contributed by atoms with van der Waals surface area (Å²) in [7, 11) is 0. The molecule has 1 fully saturated rings. The Morgan fingerprint density at radius 2 is 1.88 bits per heavy atom. The summed E-state index contributed by atoms with van der Waals surface area (Å²) >= 11 is 7.32. The first-order valence-corrected chi connectivity index (χ1v) is 12.7. The van der Waals surface area contributed by atoms with Crippen LogP contribution in [0.4, 0.5) is 5.69 Å². The average Bonchev–Trinajstić information content (AvgIpc) is 2.85. The number of thioether (sulfide) groups is 1. The van der Waals surface area contributed by atoms with Crippen molar-refractivity contribution in [1.29, 1.82) is 0 Å². The number of anilines is 1. The highest BCUT2D eigenvalue weighted by atomic mass is 35.5. The third kappa shape index (κ3) is 5.80. The van der Waals surface area contributed by atoms with Gasteiger partial charge in [0.15, 0.2) is 5.16 Å². The lowest BCUT2D eigenvalue weighted by atomic mass is 10.1. The van der Waals surface area contributed by atoms with Gasteiger partial charge in [-0.25, -0.2) is 4.98 Å². The van der Waals surface area contributed by atoms with E-state index in [0.29, 0.717) is 26.8 Å². The number of fused-ring (bicyclic) bond motifs is 1. The van der Waals surface area contributed by atoms with Gasteiger partial charge in [0.2, 0.25) is 11.8 Å². The highest BCUT2D eigenvalue weighted by Crippen LogP contribution is 2.22. The lowest BCUT2D eigenvalue weighted by Gasteiger charge is -2.27. The van der Waals surface area contributed by atoms with Gasteiger partial charge in [-0.1, -0.05) is 41.6 Å². The molecular formula is C25H27ClN4O3S. The summed E-state index contributed by atoms with van der Waals surface area (Å²) < 4.78 is 1.52. The number of benzene rings is 2. The maximum Gasteiger partial charge on any atom is 0.262 e. The van der Waals surface area contributed by atoms with Crippen molar-refractivity contribution in [3.05, 3.63) is 63.4 Å². The molecule has 1 saturated heterocycles. The summed E-state index contributed by atoms with van der Waals surface area (Å²) in [5, 5.41) is 4.32. The van der Waals surface area contributed by atoms with Crippen LogP contribution in [-0.2, 0) is 16.1 Å². The number of carbonyl (C=O) groups is 2. The number of aromatic nitrogens is 2. The van der Waals surface area contributed by atoms with Crippen molar-refractivity contribution in [2.24, 2.45) is 0 Å². The monoisotopic (exact) mass is 498 g/mol. The highest BCUT2D eigenvalue weighted by Gasteiger charge is 2.19. The largest absolute Gasteiger partial charge is 0.343 e. The smallest absolute Gasteiger partial charge is 0.262 e. The van der Waals surface area contributed by atoms with Crippen LogP contribution in [0, 0.1) is 6.92 Å². The summed E-state index contributed by atoms with van der Waals surface area (Å²) in [6.45, 7) is 3.66. The molecule has 1 aliphatic heterocycles. The Bertz CT molecular complexity index is 1270. The van der Waals surface area contributed by atoms with Gasteiger partial charge >= 0.3 is 0 Å². The molecule has 2 heterocycles. The van der Waals surface area contributed by atoms with E-state index in [4.69, 9.17) is 11.6 Å². The Balaban J connectivity index is 1.50. The number of nitrogens with one attached hydrogen (secondary N) is 1. The number of nitrogens with zero attached hydrogens (tertiary/aromatic N) is 3. The van der Waals surface area contributed by atoms with E-state index in [0.717, 1.165) is 37.9 Å². The summed E-state index contributed by atoms with van der Waals surface area (Å²) in [6, 6.07) is 12.5. The third-order valence-corrected chi connectivity index (χ3v) is 7.26. The number of rotatable bonds is 7. The van der Waals surface area contributed by atoms with E-state index in [-0.39, 0.29) is 36.1 Å². The minimum Gasteiger partial charge on any atom is -0.343 e. The molecule has 3 aromatic rings. The zero-order chi connectivity index (χ0) is 24.1. The molecule has 178 valence electrons. The number of likely N-dealkylation sites (tertiary alicyclic amines) is 1. The maximum absolute atomic E-state index is 13.2. The minimum absolute atomic E-state index is 0.0460. The molecule has 0 bridgehead atoms. The second kappa shape index (κ2) is 11.1. The number of piperidine rings is 1. The number of hydrogen-bond acceptors (Lipinski definition) is 5. The molecule has 7 nitrogen and oxygen atoms in total. The van der Waals surface area contributed by atoms with Crippen LogP contribution in [-0.4, -0.2) is 45.1 Å². The molecule has 0 aliphatic carbocycles. The van der Waals surface area contributed by atoms with Gasteiger partial charge in [0.1, 0.15) is 0 Å². The first-order chi connectivity index (χ1) is 16.4. The van der Waals surface area contributed by atoms with Gasteiger partial charge in [0.05, 0.1) is 16.7 Å². The van der Waals surface area contributed by atoms with Crippen molar-refractivity contribution in [2.75, 3.05) is 24.2 Å². The molecule has 4 rings (SSSR count). The molecule has 0 radical (unpaired) electrons. The van der Waals surface area contributed by atoms with Crippen LogP contribution < -0.4 is 10.9 Å². The van der Waals surface area contributed by atoms with Crippen LogP contribution in [0.25, 0.3) is 10.9 Å². The molecule has 0 spiro atoms. The predicted octanol–water partition coefficient (Wildman–Crippen LogP) is 4.49. The van der Waals surface area contributed by atoms with Gasteiger partial charge in [-0.3, -0.25) is 19.0 Å². The standard InChI is InChI=1S/C25H27ClN4O3S/c1-17-9-10-18(15-20(17)26)27-22(31)16-34-25-28-21-8-4-3-7-19(21)24(33)30(25)14-11-23(32)29-12-5-2-6-13-29/h3-4,7-10,15H,2,5-6,11-14,16H2,1H3,(H,27,31). The summed E-state index contributed by atoms with van der Waals surface area (Å²) in [4.78, 5) is 45.0. The van der Waals surface area contributed by atoms with Crippen LogP contribution in [0.5, 0.6) is 0 Å². The first kappa shape index (κ1) is 24.3. The van der Waals surface area contributed by atoms with Gasteiger partial charge < -0.3 is 10.2 Å². The van der Waals surface area contributed by atoms with E-state index in [9.17, 15) is 14.4 Å². The van der Waals surface area contributed by atoms with Gasteiger partial charge in [-0.05, 0) is 56.0 Å². The summed E-state index contributed by atoms with van der Waals surface area (Å²) in [5.41, 5.74) is 1.90. The van der Waals surface area contributed by atoms with Crippen LogP contribution >= 0.6 is 23.4 Å². The Morgan fingerprint density at radius 1 is 1.12 bits per heavy atom. The first-order valence-electron chi connectivity index (χ1n) is 11.4. The molecule has 0 unspecified atom stereocenters. The predicted molar refractivity (Wildman–Crippen MR) is 137 cm³/mol. The van der Waals surface area contributed by atoms with Gasteiger partial charge in [-0.15, -0.1) is 0 Å². The molecule has 0 atom stereocenters. The molecule has 0 saturated carbocycles. The topological polar surface area (TPSA) is 84.3 Å². The van der Waals surface area contributed by atoms with Gasteiger partial charge in [0, 0.05) is 36.8 Å². The van der Waals surface area contributed by atoms with Gasteiger partial charge in [-0.2, -0.15) is 0 Å². The fraction of sp³-hybridized carbons (Fsp3) is 0.360. The summed E-state index contributed by atoms with van der Waals surface area (Å²) in [5.74, 6) is -0.121. The molecule has 2 aromatic carbocycles. The third-order valence-electron chi connectivity index (χ3n) is 5.87. The van der Waals surface area contributed by atoms with E-state index in [1.807, 2.05) is 24.0 Å². The van der Waals surface area contributed by atoms with Gasteiger partial charge in [0.25, 0.3) is 5.56 Å². The maximum atomic E-state index is 13.2. The molecule has 9 heteroatoms. The number of para-hydroxylation sites is 1. The second-order valence-corrected chi connectivity index (χ2v) is 9.71. The van der Waals surface area contributed by atoms with Crippen molar-refractivity contribution in [2.45, 2.75) is 44.3 Å². The van der Waals surface area contributed by atoms with Crippen molar-refractivity contribution in [3.63, 3.8) is 0 Å². The number of halogens is 1. The average molecular weight is 499 g/mol. The molecule has 1 N–H and O–H groups in total. The number of hydrogen-bond donors (Lipinski definition) is 1. The molecule has 34 heavy (non-hydrogen) atoms. The van der Waals surface area contributed by atoms with E-state index < -0.39 is 0 Å². The fourth-order valence-electron chi connectivity index (χ4n) is 3.96. The second-order valence-electron chi connectivity index (χ2n) is 8.36. The quantitative estimate of drug-likeness (QED) is 0.383.